The van der Waals surface area contributed by atoms with Crippen LogP contribution in [0.5, 0.6) is 0 Å². The minimum absolute atomic E-state index is 0.595. The third kappa shape index (κ3) is 8.17. The molecule has 242 valence electrons. The van der Waals surface area contributed by atoms with Crippen LogP contribution in [0.2, 0.25) is 0 Å². The number of likely N-dealkylation sites (N-methyl/N-ethyl adjacent to an activating group) is 1. The number of benzene rings is 2. The Bertz CT molecular complexity index is 1620. The van der Waals surface area contributed by atoms with Gasteiger partial charge in [0.1, 0.15) is 11.7 Å². The molecular weight excluding hydrogens is 609 g/mol. The topological polar surface area (TPSA) is 89.7 Å². The molecule has 3 aliphatic heterocycles. The Morgan fingerprint density at radius 1 is 0.696 bits per heavy atom. The molecule has 0 bridgehead atoms. The Balaban J connectivity index is 0.000000162. The van der Waals surface area contributed by atoms with Gasteiger partial charge >= 0.3 is 0 Å². The molecule has 0 unspecified atom stereocenters. The maximum absolute atomic E-state index is 6.11. The second-order valence-corrected chi connectivity index (χ2v) is 14.3. The van der Waals surface area contributed by atoms with Gasteiger partial charge in [0.05, 0.1) is 21.1 Å². The normalized spacial score (nSPS) is 16.6. The summed E-state index contributed by atoms with van der Waals surface area (Å²) in [6, 6.07) is 20.9. The van der Waals surface area contributed by atoms with Crippen LogP contribution in [0.15, 0.2) is 81.4 Å². The maximum Gasteiger partial charge on any atom is 0.141 e. The predicted octanol–water partition coefficient (Wildman–Crippen LogP) is 5.95. The number of amidine groups is 2. The lowest BCUT2D eigenvalue weighted by Crippen LogP contribution is -2.32. The van der Waals surface area contributed by atoms with Crippen LogP contribution < -0.4 is 21.3 Å². The highest BCUT2D eigenvalue weighted by Crippen LogP contribution is 2.33. The van der Waals surface area contributed by atoms with Gasteiger partial charge in [0, 0.05) is 50.6 Å². The first-order valence-electron chi connectivity index (χ1n) is 16.3. The Kier molecular flexibility index (Phi) is 10.7. The molecule has 1 fully saturated rings. The number of hydrogen-bond acceptors (Lipinski definition) is 8. The van der Waals surface area contributed by atoms with Crippen molar-refractivity contribution in [3.63, 3.8) is 0 Å². The SMILES string of the molecule is CN(C)CCN1CCc2cc(N=C(N)c3cccs3)ccc21.NC(=Nc1ccc2c(c1)CCN2CCN1CCCC1)c1cccs1. The average molecular weight is 655 g/mol. The predicted molar refractivity (Wildman–Crippen MR) is 198 cm³/mol. The highest BCUT2D eigenvalue weighted by atomic mass is 32.1. The highest BCUT2D eigenvalue weighted by molar-refractivity contribution is 7.12. The second kappa shape index (κ2) is 15.3. The molecule has 7 rings (SSSR count). The molecule has 4 aromatic rings. The van der Waals surface area contributed by atoms with Gasteiger partial charge in [-0.15, -0.1) is 22.7 Å². The van der Waals surface area contributed by atoms with Crippen LogP contribution in [0.1, 0.15) is 33.7 Å². The number of rotatable bonds is 10. The van der Waals surface area contributed by atoms with E-state index in [-0.39, 0.29) is 0 Å². The lowest BCUT2D eigenvalue weighted by Gasteiger charge is -2.23. The van der Waals surface area contributed by atoms with Crippen LogP contribution in [0, 0.1) is 0 Å². The summed E-state index contributed by atoms with van der Waals surface area (Å²) in [6.45, 7) is 9.22. The van der Waals surface area contributed by atoms with Crippen molar-refractivity contribution in [3.8, 4) is 0 Å². The van der Waals surface area contributed by atoms with Crippen LogP contribution in [0.4, 0.5) is 22.7 Å². The van der Waals surface area contributed by atoms with Crippen LogP contribution in [-0.4, -0.2) is 87.9 Å². The van der Waals surface area contributed by atoms with Crippen LogP contribution >= 0.6 is 22.7 Å². The van der Waals surface area contributed by atoms with E-state index in [0.29, 0.717) is 11.7 Å². The number of anilines is 2. The molecule has 2 aromatic heterocycles. The fourth-order valence-corrected chi connectivity index (χ4v) is 7.60. The molecule has 0 amide bonds. The van der Waals surface area contributed by atoms with Crippen molar-refractivity contribution < 1.29 is 0 Å². The standard InChI is InChI=1S/C19H24N4S.C17H22N4S/c20-19(18-4-3-13-24-18)21-16-5-6-17-15(14-16)7-10-23(17)12-11-22-8-1-2-9-22;1-20(2)9-10-21-8-7-13-12-14(5-6-15(13)21)19-17(18)16-4-3-11-22-16/h3-6,13-14H,1-2,7-12H2,(H2,20,21);3-6,11-12H,7-10H2,1-2H3,(H2,18,19). The summed E-state index contributed by atoms with van der Waals surface area (Å²) in [7, 11) is 4.23. The molecule has 3 aliphatic rings. The van der Waals surface area contributed by atoms with Gasteiger partial charge in [-0.2, -0.15) is 0 Å². The quantitative estimate of drug-likeness (QED) is 0.162. The first kappa shape index (κ1) is 32.2. The van der Waals surface area contributed by atoms with Crippen molar-refractivity contribution in [2.75, 3.05) is 76.3 Å². The number of hydrogen-bond donors (Lipinski definition) is 2. The molecule has 0 spiro atoms. The van der Waals surface area contributed by atoms with E-state index >= 15 is 0 Å². The molecule has 5 heterocycles. The summed E-state index contributed by atoms with van der Waals surface area (Å²) >= 11 is 3.24. The zero-order chi connectivity index (χ0) is 31.9. The summed E-state index contributed by atoms with van der Waals surface area (Å²) < 4.78 is 0. The molecule has 4 N–H and O–H groups in total. The van der Waals surface area contributed by atoms with Gasteiger partial charge < -0.3 is 31.1 Å². The van der Waals surface area contributed by atoms with Crippen LogP contribution in [-0.2, 0) is 12.8 Å². The van der Waals surface area contributed by atoms with Gasteiger partial charge in [0.25, 0.3) is 0 Å². The summed E-state index contributed by atoms with van der Waals surface area (Å²) in [5.74, 6) is 1.20. The minimum Gasteiger partial charge on any atom is -0.383 e. The summed E-state index contributed by atoms with van der Waals surface area (Å²) in [4.78, 5) is 21.0. The Morgan fingerprint density at radius 3 is 1.70 bits per heavy atom. The van der Waals surface area contributed by atoms with Gasteiger partial charge in [-0.25, -0.2) is 9.98 Å². The van der Waals surface area contributed by atoms with E-state index in [9.17, 15) is 0 Å². The van der Waals surface area contributed by atoms with E-state index in [0.717, 1.165) is 66.7 Å². The fourth-order valence-electron chi connectivity index (χ4n) is 6.34. The number of fused-ring (bicyclic) bond motifs is 2. The van der Waals surface area contributed by atoms with Crippen molar-refractivity contribution >= 4 is 57.1 Å². The summed E-state index contributed by atoms with van der Waals surface area (Å²) in [6.07, 6.45) is 4.93. The lowest BCUT2D eigenvalue weighted by molar-refractivity contribution is 0.345. The zero-order valence-electron chi connectivity index (χ0n) is 27.1. The highest BCUT2D eigenvalue weighted by Gasteiger charge is 2.21. The van der Waals surface area contributed by atoms with Crippen molar-refractivity contribution in [1.82, 2.24) is 9.80 Å². The summed E-state index contributed by atoms with van der Waals surface area (Å²) in [5, 5.41) is 4.04. The second-order valence-electron chi connectivity index (χ2n) is 12.4. The molecule has 0 saturated carbocycles. The maximum atomic E-state index is 6.11. The van der Waals surface area contributed by atoms with E-state index in [1.165, 1.54) is 55.0 Å². The van der Waals surface area contributed by atoms with E-state index in [2.05, 4.69) is 80.1 Å². The third-order valence-corrected chi connectivity index (χ3v) is 10.6. The Morgan fingerprint density at radius 2 is 1.22 bits per heavy atom. The Labute approximate surface area is 281 Å². The number of nitrogens with zero attached hydrogens (tertiary/aromatic N) is 6. The first-order valence-corrected chi connectivity index (χ1v) is 18.1. The third-order valence-electron chi connectivity index (χ3n) is 8.86. The van der Waals surface area contributed by atoms with E-state index in [1.54, 1.807) is 22.7 Å². The smallest absolute Gasteiger partial charge is 0.141 e. The lowest BCUT2D eigenvalue weighted by atomic mass is 10.1. The molecule has 46 heavy (non-hydrogen) atoms. The fraction of sp³-hybridized carbons (Fsp3) is 0.389. The molecule has 0 radical (unpaired) electrons. The van der Waals surface area contributed by atoms with Crippen molar-refractivity contribution in [1.29, 1.82) is 0 Å². The average Bonchev–Trinajstić information content (AvgIpc) is 3.90. The molecule has 10 heteroatoms. The molecule has 8 nitrogen and oxygen atoms in total. The molecule has 1 saturated heterocycles. The van der Waals surface area contributed by atoms with E-state index in [1.807, 2.05) is 35.0 Å². The molecular formula is C36H46N8S2. The number of aliphatic imine (C=N–C) groups is 2. The van der Waals surface area contributed by atoms with Gasteiger partial charge in [-0.3, -0.25) is 0 Å². The van der Waals surface area contributed by atoms with Crippen molar-refractivity contribution in [3.05, 3.63) is 92.3 Å². The van der Waals surface area contributed by atoms with Crippen LogP contribution in [0.25, 0.3) is 0 Å². The van der Waals surface area contributed by atoms with E-state index in [4.69, 9.17) is 11.5 Å². The Hall–Kier alpha value is -3.70. The molecule has 0 aliphatic carbocycles. The summed E-state index contributed by atoms with van der Waals surface area (Å²) in [5.41, 5.74) is 19.6. The van der Waals surface area contributed by atoms with Crippen molar-refractivity contribution in [2.45, 2.75) is 25.7 Å². The van der Waals surface area contributed by atoms with Gasteiger partial charge in [-0.05, 0) is 123 Å². The number of nitrogens with two attached hydrogens (primary N) is 2. The zero-order valence-corrected chi connectivity index (χ0v) is 28.7. The van der Waals surface area contributed by atoms with Gasteiger partial charge in [0.15, 0.2) is 0 Å². The monoisotopic (exact) mass is 654 g/mol. The largest absolute Gasteiger partial charge is 0.383 e. The van der Waals surface area contributed by atoms with Crippen LogP contribution in [0.3, 0.4) is 0 Å². The molecule has 2 aromatic carbocycles. The first-order chi connectivity index (χ1) is 22.4. The van der Waals surface area contributed by atoms with Gasteiger partial charge in [0.2, 0.25) is 0 Å². The minimum atomic E-state index is 0.595. The number of likely N-dealkylation sites (tertiary alicyclic amines) is 1. The molecule has 0 atom stereocenters. The van der Waals surface area contributed by atoms with Crippen molar-refractivity contribution in [2.24, 2.45) is 21.5 Å². The van der Waals surface area contributed by atoms with E-state index < -0.39 is 0 Å². The number of thiophene rings is 2. The van der Waals surface area contributed by atoms with Gasteiger partial charge in [-0.1, -0.05) is 12.1 Å².